The zero-order chi connectivity index (χ0) is 15.4. The Morgan fingerprint density at radius 2 is 1.45 bits per heavy atom. The monoisotopic (exact) mass is 290 g/mol. The molecule has 0 bridgehead atoms. The van der Waals surface area contributed by atoms with Crippen LogP contribution in [0.25, 0.3) is 5.69 Å². The van der Waals surface area contributed by atoms with Crippen molar-refractivity contribution in [2.24, 2.45) is 0 Å². The Bertz CT molecular complexity index is 727. The first-order chi connectivity index (χ1) is 10.8. The van der Waals surface area contributed by atoms with Crippen molar-refractivity contribution in [3.05, 3.63) is 89.2 Å². The predicted octanol–water partition coefficient (Wildman–Crippen LogP) is 4.38. The summed E-state index contributed by atoms with van der Waals surface area (Å²) in [4.78, 5) is 0. The first-order valence-corrected chi connectivity index (χ1v) is 7.73. The van der Waals surface area contributed by atoms with E-state index in [1.807, 2.05) is 0 Å². The number of hydrogen-bond acceptors (Lipinski definition) is 1. The molecule has 0 aliphatic carbocycles. The van der Waals surface area contributed by atoms with Crippen LogP contribution in [0.5, 0.6) is 0 Å². The topological polar surface area (TPSA) is 17.0 Å². The smallest absolute Gasteiger partial charge is 0.0455 e. The average Bonchev–Trinajstić information content (AvgIpc) is 2.83. The lowest BCUT2D eigenvalue weighted by Crippen LogP contribution is -2.13. The third-order valence-electron chi connectivity index (χ3n) is 4.04. The van der Waals surface area contributed by atoms with Crippen molar-refractivity contribution in [2.45, 2.75) is 26.9 Å². The van der Waals surface area contributed by atoms with Crippen LogP contribution in [0.15, 0.2) is 66.7 Å². The summed E-state index contributed by atoms with van der Waals surface area (Å²) in [6.07, 6.45) is 0. The number of nitrogens with one attached hydrogen (secondary N) is 1. The molecule has 0 saturated heterocycles. The summed E-state index contributed by atoms with van der Waals surface area (Å²) >= 11 is 0. The van der Waals surface area contributed by atoms with Crippen LogP contribution in [0, 0.1) is 13.8 Å². The molecule has 0 radical (unpaired) electrons. The van der Waals surface area contributed by atoms with Crippen LogP contribution in [0.1, 0.15) is 22.5 Å². The Labute approximate surface area is 132 Å². The molecular formula is C20H22N2. The Morgan fingerprint density at radius 3 is 2.14 bits per heavy atom. The molecule has 1 aromatic heterocycles. The summed E-state index contributed by atoms with van der Waals surface area (Å²) in [5.41, 5.74) is 6.49. The second-order valence-corrected chi connectivity index (χ2v) is 5.66. The summed E-state index contributed by atoms with van der Waals surface area (Å²) in [7, 11) is 0. The fourth-order valence-corrected chi connectivity index (χ4v) is 2.92. The maximum atomic E-state index is 3.54. The molecule has 0 fully saturated rings. The van der Waals surface area contributed by atoms with Gasteiger partial charge in [0.1, 0.15) is 0 Å². The third kappa shape index (κ3) is 3.12. The molecular weight excluding hydrogens is 268 g/mol. The first kappa shape index (κ1) is 14.6. The summed E-state index contributed by atoms with van der Waals surface area (Å²) in [6, 6.07) is 23.3. The van der Waals surface area contributed by atoms with E-state index in [1.165, 1.54) is 28.2 Å². The van der Waals surface area contributed by atoms with Crippen LogP contribution in [-0.4, -0.2) is 4.57 Å². The SMILES string of the molecule is Cc1cc(CNCc2ccccc2)c(C)n1-c1ccccc1. The van der Waals surface area contributed by atoms with Gasteiger partial charge in [-0.3, -0.25) is 0 Å². The molecule has 2 nitrogen and oxygen atoms in total. The van der Waals surface area contributed by atoms with E-state index in [1.54, 1.807) is 0 Å². The predicted molar refractivity (Wildman–Crippen MR) is 92.2 cm³/mol. The number of benzene rings is 2. The van der Waals surface area contributed by atoms with Crippen molar-refractivity contribution in [1.29, 1.82) is 0 Å². The Morgan fingerprint density at radius 1 is 0.818 bits per heavy atom. The molecule has 0 spiro atoms. The number of aromatic nitrogens is 1. The van der Waals surface area contributed by atoms with E-state index in [-0.39, 0.29) is 0 Å². The van der Waals surface area contributed by atoms with Gasteiger partial charge in [0.15, 0.2) is 0 Å². The van der Waals surface area contributed by atoms with Gasteiger partial charge in [-0.25, -0.2) is 0 Å². The summed E-state index contributed by atoms with van der Waals surface area (Å²) in [6.45, 7) is 6.15. The van der Waals surface area contributed by atoms with Gasteiger partial charge in [-0.2, -0.15) is 0 Å². The minimum absolute atomic E-state index is 0.890. The zero-order valence-electron chi connectivity index (χ0n) is 13.2. The van der Waals surface area contributed by atoms with E-state index in [0.717, 1.165) is 13.1 Å². The quantitative estimate of drug-likeness (QED) is 0.737. The molecule has 22 heavy (non-hydrogen) atoms. The molecule has 0 aliphatic rings. The van der Waals surface area contributed by atoms with Crippen molar-refractivity contribution in [3.8, 4) is 5.69 Å². The van der Waals surface area contributed by atoms with Gasteiger partial charge < -0.3 is 9.88 Å². The molecule has 0 aliphatic heterocycles. The molecule has 0 atom stereocenters. The van der Waals surface area contributed by atoms with Crippen molar-refractivity contribution in [1.82, 2.24) is 9.88 Å². The van der Waals surface area contributed by atoms with E-state index in [4.69, 9.17) is 0 Å². The highest BCUT2D eigenvalue weighted by Gasteiger charge is 2.09. The fraction of sp³-hybridized carbons (Fsp3) is 0.200. The maximum Gasteiger partial charge on any atom is 0.0455 e. The van der Waals surface area contributed by atoms with Gasteiger partial charge in [-0.15, -0.1) is 0 Å². The lowest BCUT2D eigenvalue weighted by molar-refractivity contribution is 0.689. The average molecular weight is 290 g/mol. The highest BCUT2D eigenvalue weighted by Crippen LogP contribution is 2.20. The van der Waals surface area contributed by atoms with Crippen molar-refractivity contribution < 1.29 is 0 Å². The van der Waals surface area contributed by atoms with Gasteiger partial charge in [0.25, 0.3) is 0 Å². The number of aryl methyl sites for hydroxylation is 1. The van der Waals surface area contributed by atoms with Crippen LogP contribution in [-0.2, 0) is 13.1 Å². The molecule has 2 heteroatoms. The third-order valence-corrected chi connectivity index (χ3v) is 4.04. The standard InChI is InChI=1S/C20H22N2/c1-16-13-19(15-21-14-18-9-5-3-6-10-18)17(2)22(16)20-11-7-4-8-12-20/h3-13,21H,14-15H2,1-2H3. The zero-order valence-corrected chi connectivity index (χ0v) is 13.2. The van der Waals surface area contributed by atoms with Crippen molar-refractivity contribution in [3.63, 3.8) is 0 Å². The summed E-state index contributed by atoms with van der Waals surface area (Å²) < 4.78 is 2.32. The van der Waals surface area contributed by atoms with Gasteiger partial charge in [-0.05, 0) is 43.2 Å². The summed E-state index contributed by atoms with van der Waals surface area (Å²) in [5, 5.41) is 3.54. The van der Waals surface area contributed by atoms with E-state index in [9.17, 15) is 0 Å². The maximum absolute atomic E-state index is 3.54. The molecule has 0 unspecified atom stereocenters. The number of para-hydroxylation sites is 1. The number of nitrogens with zero attached hydrogens (tertiary/aromatic N) is 1. The molecule has 1 heterocycles. The minimum Gasteiger partial charge on any atom is -0.318 e. The van der Waals surface area contributed by atoms with Gasteiger partial charge >= 0.3 is 0 Å². The van der Waals surface area contributed by atoms with Crippen LogP contribution in [0.3, 0.4) is 0 Å². The molecule has 112 valence electrons. The highest BCUT2D eigenvalue weighted by molar-refractivity contribution is 5.40. The van der Waals surface area contributed by atoms with E-state index in [2.05, 4.69) is 90.5 Å². The van der Waals surface area contributed by atoms with Gasteiger partial charge in [0, 0.05) is 30.2 Å². The van der Waals surface area contributed by atoms with Crippen LogP contribution < -0.4 is 5.32 Å². The fourth-order valence-electron chi connectivity index (χ4n) is 2.92. The lowest BCUT2D eigenvalue weighted by Gasteiger charge is -2.10. The Kier molecular flexibility index (Phi) is 4.40. The number of rotatable bonds is 5. The van der Waals surface area contributed by atoms with E-state index in [0.29, 0.717) is 0 Å². The normalized spacial score (nSPS) is 10.8. The van der Waals surface area contributed by atoms with Crippen molar-refractivity contribution >= 4 is 0 Å². The Balaban J connectivity index is 1.73. The molecule has 0 saturated carbocycles. The van der Waals surface area contributed by atoms with E-state index < -0.39 is 0 Å². The second-order valence-electron chi connectivity index (χ2n) is 5.66. The summed E-state index contributed by atoms with van der Waals surface area (Å²) in [5.74, 6) is 0. The van der Waals surface area contributed by atoms with Crippen LogP contribution >= 0.6 is 0 Å². The van der Waals surface area contributed by atoms with Crippen molar-refractivity contribution in [2.75, 3.05) is 0 Å². The highest BCUT2D eigenvalue weighted by atomic mass is 15.0. The van der Waals surface area contributed by atoms with Gasteiger partial charge in [0.2, 0.25) is 0 Å². The molecule has 0 amide bonds. The lowest BCUT2D eigenvalue weighted by atomic mass is 10.2. The van der Waals surface area contributed by atoms with E-state index >= 15 is 0 Å². The molecule has 1 N–H and O–H groups in total. The molecule has 2 aromatic carbocycles. The van der Waals surface area contributed by atoms with Crippen LogP contribution in [0.2, 0.25) is 0 Å². The van der Waals surface area contributed by atoms with Crippen LogP contribution in [0.4, 0.5) is 0 Å². The van der Waals surface area contributed by atoms with Gasteiger partial charge in [-0.1, -0.05) is 48.5 Å². The molecule has 3 aromatic rings. The Hall–Kier alpha value is -2.32. The molecule has 3 rings (SSSR count). The second kappa shape index (κ2) is 6.63. The first-order valence-electron chi connectivity index (χ1n) is 7.73. The number of hydrogen-bond donors (Lipinski definition) is 1. The van der Waals surface area contributed by atoms with Gasteiger partial charge in [0.05, 0.1) is 0 Å². The minimum atomic E-state index is 0.890. The largest absolute Gasteiger partial charge is 0.318 e.